The molecule has 0 aromatic heterocycles. The predicted octanol–water partition coefficient (Wildman–Crippen LogP) is 3.61. The normalized spacial score (nSPS) is 15.8. The first-order valence-corrected chi connectivity index (χ1v) is 6.76. The SMILES string of the molecule is CCC(C)C(c1ccccc1)C(C=C(C)C)NN. The fourth-order valence-electron chi connectivity index (χ4n) is 2.43. The lowest BCUT2D eigenvalue weighted by atomic mass is 9.80. The Bertz CT molecular complexity index is 366. The molecule has 1 aromatic carbocycles. The molecule has 0 radical (unpaired) electrons. The standard InChI is InChI=1S/C16H26N2/c1-5-13(4)16(14-9-7-6-8-10-14)15(18-17)11-12(2)3/h6-11,13,15-16,18H,5,17H2,1-4H3. The van der Waals surface area contributed by atoms with Crippen LogP contribution in [0.15, 0.2) is 42.0 Å². The van der Waals surface area contributed by atoms with Crippen LogP contribution in [0.5, 0.6) is 0 Å². The van der Waals surface area contributed by atoms with Gasteiger partial charge in [0.05, 0.1) is 0 Å². The van der Waals surface area contributed by atoms with Crippen molar-refractivity contribution < 1.29 is 0 Å². The van der Waals surface area contributed by atoms with E-state index in [9.17, 15) is 0 Å². The molecule has 0 saturated heterocycles. The van der Waals surface area contributed by atoms with E-state index in [0.717, 1.165) is 6.42 Å². The maximum absolute atomic E-state index is 5.76. The second kappa shape index (κ2) is 7.34. The monoisotopic (exact) mass is 246 g/mol. The van der Waals surface area contributed by atoms with Gasteiger partial charge in [0, 0.05) is 12.0 Å². The highest BCUT2D eigenvalue weighted by atomic mass is 15.2. The lowest BCUT2D eigenvalue weighted by Gasteiger charge is -2.30. The molecule has 3 atom stereocenters. The minimum absolute atomic E-state index is 0.187. The van der Waals surface area contributed by atoms with E-state index in [1.54, 1.807) is 0 Å². The molecule has 0 bridgehead atoms. The fourth-order valence-corrected chi connectivity index (χ4v) is 2.43. The van der Waals surface area contributed by atoms with Crippen molar-refractivity contribution in [1.82, 2.24) is 5.43 Å². The van der Waals surface area contributed by atoms with E-state index < -0.39 is 0 Å². The van der Waals surface area contributed by atoms with E-state index in [4.69, 9.17) is 5.84 Å². The summed E-state index contributed by atoms with van der Waals surface area (Å²) in [5, 5.41) is 0. The summed E-state index contributed by atoms with van der Waals surface area (Å²) in [7, 11) is 0. The van der Waals surface area contributed by atoms with Crippen LogP contribution in [0.4, 0.5) is 0 Å². The Morgan fingerprint density at radius 1 is 1.28 bits per heavy atom. The molecule has 0 aliphatic heterocycles. The van der Waals surface area contributed by atoms with Gasteiger partial charge in [-0.3, -0.25) is 11.3 Å². The fraction of sp³-hybridized carbons (Fsp3) is 0.500. The smallest absolute Gasteiger partial charge is 0.0464 e. The summed E-state index contributed by atoms with van der Waals surface area (Å²) in [6.07, 6.45) is 3.37. The largest absolute Gasteiger partial charge is 0.271 e. The summed E-state index contributed by atoms with van der Waals surface area (Å²) >= 11 is 0. The Labute approximate surface area is 111 Å². The molecule has 0 aliphatic rings. The molecular formula is C16H26N2. The summed E-state index contributed by atoms with van der Waals surface area (Å²) in [5.41, 5.74) is 5.62. The van der Waals surface area contributed by atoms with E-state index >= 15 is 0 Å². The van der Waals surface area contributed by atoms with Crippen LogP contribution in [-0.4, -0.2) is 6.04 Å². The highest BCUT2D eigenvalue weighted by Crippen LogP contribution is 2.31. The zero-order chi connectivity index (χ0) is 13.5. The average Bonchev–Trinajstić information content (AvgIpc) is 2.38. The summed E-state index contributed by atoms with van der Waals surface area (Å²) in [5.74, 6) is 6.76. The van der Waals surface area contributed by atoms with Crippen molar-refractivity contribution in [3.05, 3.63) is 47.5 Å². The van der Waals surface area contributed by atoms with Crippen molar-refractivity contribution in [2.45, 2.75) is 46.1 Å². The number of nitrogens with one attached hydrogen (secondary N) is 1. The summed E-state index contributed by atoms with van der Waals surface area (Å²) < 4.78 is 0. The Kier molecular flexibility index (Phi) is 6.10. The van der Waals surface area contributed by atoms with Gasteiger partial charge in [0.15, 0.2) is 0 Å². The molecule has 3 N–H and O–H groups in total. The third-order valence-electron chi connectivity index (χ3n) is 3.53. The van der Waals surface area contributed by atoms with E-state index in [2.05, 4.69) is 69.5 Å². The van der Waals surface area contributed by atoms with Gasteiger partial charge in [0.25, 0.3) is 0 Å². The lowest BCUT2D eigenvalue weighted by Crippen LogP contribution is -2.40. The molecule has 1 aromatic rings. The number of rotatable bonds is 6. The highest BCUT2D eigenvalue weighted by Gasteiger charge is 2.25. The first-order valence-electron chi connectivity index (χ1n) is 6.76. The third-order valence-corrected chi connectivity index (χ3v) is 3.53. The van der Waals surface area contributed by atoms with Gasteiger partial charge in [-0.05, 0) is 25.3 Å². The Hall–Kier alpha value is -1.12. The predicted molar refractivity (Wildman–Crippen MR) is 79.2 cm³/mol. The first kappa shape index (κ1) is 14.9. The van der Waals surface area contributed by atoms with Crippen LogP contribution >= 0.6 is 0 Å². The maximum atomic E-state index is 5.76. The number of nitrogens with two attached hydrogens (primary N) is 1. The topological polar surface area (TPSA) is 38.0 Å². The Morgan fingerprint density at radius 3 is 2.33 bits per heavy atom. The van der Waals surface area contributed by atoms with Crippen molar-refractivity contribution in [2.24, 2.45) is 11.8 Å². The number of hydrazine groups is 1. The zero-order valence-corrected chi connectivity index (χ0v) is 12.0. The van der Waals surface area contributed by atoms with E-state index in [1.807, 2.05) is 0 Å². The summed E-state index contributed by atoms with van der Waals surface area (Å²) in [6.45, 7) is 8.75. The third kappa shape index (κ3) is 3.97. The number of allylic oxidation sites excluding steroid dienone is 1. The van der Waals surface area contributed by atoms with Crippen molar-refractivity contribution in [2.75, 3.05) is 0 Å². The molecule has 0 saturated carbocycles. The van der Waals surface area contributed by atoms with Crippen LogP contribution in [0.1, 0.15) is 45.6 Å². The van der Waals surface area contributed by atoms with Crippen molar-refractivity contribution in [1.29, 1.82) is 0 Å². The quantitative estimate of drug-likeness (QED) is 0.457. The molecular weight excluding hydrogens is 220 g/mol. The molecule has 0 amide bonds. The van der Waals surface area contributed by atoms with Crippen molar-refractivity contribution in [3.8, 4) is 0 Å². The zero-order valence-electron chi connectivity index (χ0n) is 12.0. The van der Waals surface area contributed by atoms with Crippen LogP contribution in [0.3, 0.4) is 0 Å². The van der Waals surface area contributed by atoms with Crippen LogP contribution < -0.4 is 11.3 Å². The van der Waals surface area contributed by atoms with Gasteiger partial charge in [0.2, 0.25) is 0 Å². The first-order chi connectivity index (χ1) is 8.60. The summed E-state index contributed by atoms with van der Waals surface area (Å²) in [4.78, 5) is 0. The maximum Gasteiger partial charge on any atom is 0.0464 e. The summed E-state index contributed by atoms with van der Waals surface area (Å²) in [6, 6.07) is 10.8. The molecule has 0 heterocycles. The van der Waals surface area contributed by atoms with E-state index in [1.165, 1.54) is 11.1 Å². The van der Waals surface area contributed by atoms with Crippen molar-refractivity contribution >= 4 is 0 Å². The van der Waals surface area contributed by atoms with Gasteiger partial charge in [-0.25, -0.2) is 0 Å². The van der Waals surface area contributed by atoms with Gasteiger partial charge in [0.1, 0.15) is 0 Å². The van der Waals surface area contributed by atoms with Gasteiger partial charge >= 0.3 is 0 Å². The molecule has 0 spiro atoms. The molecule has 100 valence electrons. The molecule has 1 rings (SSSR count). The van der Waals surface area contributed by atoms with E-state index in [-0.39, 0.29) is 6.04 Å². The average molecular weight is 246 g/mol. The Morgan fingerprint density at radius 2 is 1.89 bits per heavy atom. The lowest BCUT2D eigenvalue weighted by molar-refractivity contribution is 0.375. The van der Waals surface area contributed by atoms with Crippen LogP contribution in [0.25, 0.3) is 0 Å². The van der Waals surface area contributed by atoms with E-state index in [0.29, 0.717) is 11.8 Å². The second-order valence-electron chi connectivity index (χ2n) is 5.26. The van der Waals surface area contributed by atoms with Crippen LogP contribution in [0.2, 0.25) is 0 Å². The molecule has 0 aliphatic carbocycles. The molecule has 0 fully saturated rings. The minimum atomic E-state index is 0.187. The number of hydrogen-bond donors (Lipinski definition) is 2. The van der Waals surface area contributed by atoms with Gasteiger partial charge in [-0.15, -0.1) is 0 Å². The van der Waals surface area contributed by atoms with Gasteiger partial charge < -0.3 is 0 Å². The van der Waals surface area contributed by atoms with Crippen LogP contribution in [0, 0.1) is 5.92 Å². The van der Waals surface area contributed by atoms with Gasteiger partial charge in [-0.1, -0.05) is 62.2 Å². The minimum Gasteiger partial charge on any atom is -0.271 e. The highest BCUT2D eigenvalue weighted by molar-refractivity contribution is 5.24. The Balaban J connectivity index is 3.08. The second-order valence-corrected chi connectivity index (χ2v) is 5.26. The van der Waals surface area contributed by atoms with Crippen molar-refractivity contribution in [3.63, 3.8) is 0 Å². The van der Waals surface area contributed by atoms with Crippen LogP contribution in [-0.2, 0) is 0 Å². The molecule has 2 nitrogen and oxygen atoms in total. The molecule has 2 heteroatoms. The number of benzene rings is 1. The number of hydrogen-bond acceptors (Lipinski definition) is 2. The van der Waals surface area contributed by atoms with Gasteiger partial charge in [-0.2, -0.15) is 0 Å². The molecule has 3 unspecified atom stereocenters. The molecule has 18 heavy (non-hydrogen) atoms.